The third-order valence-corrected chi connectivity index (χ3v) is 6.13. The predicted octanol–water partition coefficient (Wildman–Crippen LogP) is 5.00. The van der Waals surface area contributed by atoms with E-state index >= 15 is 0 Å². The molecule has 2 aliphatic rings. The number of ether oxygens (including phenoxy) is 2. The molecule has 1 amide bonds. The van der Waals surface area contributed by atoms with Gasteiger partial charge in [0.05, 0.1) is 0 Å². The summed E-state index contributed by atoms with van der Waals surface area (Å²) in [5.41, 5.74) is 5.36. The lowest BCUT2D eigenvalue weighted by molar-refractivity contribution is 0.0950. The standard InChI is InChI=1S/C27H28N2O3/c30-27(24-10-11-25-26(16-24)32-19-31-25)28-17-20-6-4-8-22(14-20)23-9-5-7-21(15-23)18-29-12-2-1-3-13-29/h4-11,14-16H,1-3,12-13,17-19H2,(H,28,30). The first-order chi connectivity index (χ1) is 15.7. The van der Waals surface area contributed by atoms with Crippen LogP contribution in [-0.2, 0) is 13.1 Å². The van der Waals surface area contributed by atoms with E-state index in [2.05, 4.69) is 52.7 Å². The fourth-order valence-electron chi connectivity index (χ4n) is 4.41. The van der Waals surface area contributed by atoms with Gasteiger partial charge in [0.1, 0.15) is 0 Å². The van der Waals surface area contributed by atoms with Crippen LogP contribution in [0.5, 0.6) is 11.5 Å². The Morgan fingerprint density at radius 3 is 2.34 bits per heavy atom. The monoisotopic (exact) mass is 428 g/mol. The van der Waals surface area contributed by atoms with Crippen molar-refractivity contribution in [3.05, 3.63) is 83.4 Å². The second-order valence-electron chi connectivity index (χ2n) is 8.49. The van der Waals surface area contributed by atoms with Gasteiger partial charge in [0.25, 0.3) is 5.91 Å². The minimum atomic E-state index is -0.128. The Hall–Kier alpha value is -3.31. The Bertz CT molecular complexity index is 1110. The highest BCUT2D eigenvalue weighted by molar-refractivity contribution is 5.94. The van der Waals surface area contributed by atoms with Crippen LogP contribution in [0, 0.1) is 0 Å². The summed E-state index contributed by atoms with van der Waals surface area (Å²) in [6, 6.07) is 22.4. The third kappa shape index (κ3) is 4.78. The molecule has 0 unspecified atom stereocenters. The maximum atomic E-state index is 12.6. The van der Waals surface area contributed by atoms with Crippen molar-refractivity contribution in [3.63, 3.8) is 0 Å². The highest BCUT2D eigenvalue weighted by Crippen LogP contribution is 2.32. The molecule has 5 rings (SSSR count). The van der Waals surface area contributed by atoms with Crippen LogP contribution in [0.15, 0.2) is 66.7 Å². The number of likely N-dealkylation sites (tertiary alicyclic amines) is 1. The van der Waals surface area contributed by atoms with Crippen LogP contribution in [0.2, 0.25) is 0 Å². The molecule has 5 nitrogen and oxygen atoms in total. The zero-order valence-electron chi connectivity index (χ0n) is 18.2. The van der Waals surface area contributed by atoms with Crippen molar-refractivity contribution < 1.29 is 14.3 Å². The second-order valence-corrected chi connectivity index (χ2v) is 8.49. The fourth-order valence-corrected chi connectivity index (χ4v) is 4.41. The van der Waals surface area contributed by atoms with E-state index in [0.717, 1.165) is 12.1 Å². The van der Waals surface area contributed by atoms with E-state index in [4.69, 9.17) is 9.47 Å². The number of amides is 1. The van der Waals surface area contributed by atoms with Crippen LogP contribution in [0.25, 0.3) is 11.1 Å². The molecule has 0 radical (unpaired) electrons. The molecule has 0 bridgehead atoms. The Labute approximate surface area is 189 Å². The number of piperidine rings is 1. The molecule has 2 aliphatic heterocycles. The number of carbonyl (C=O) groups is 1. The Kier molecular flexibility index (Phi) is 6.08. The lowest BCUT2D eigenvalue weighted by Gasteiger charge is -2.26. The third-order valence-electron chi connectivity index (χ3n) is 6.13. The quantitative estimate of drug-likeness (QED) is 0.600. The lowest BCUT2D eigenvalue weighted by Crippen LogP contribution is -2.29. The van der Waals surface area contributed by atoms with Gasteiger partial charge in [-0.2, -0.15) is 0 Å². The lowest BCUT2D eigenvalue weighted by atomic mass is 10.0. The van der Waals surface area contributed by atoms with Crippen LogP contribution in [0.1, 0.15) is 40.7 Å². The average molecular weight is 429 g/mol. The molecular formula is C27H28N2O3. The SMILES string of the molecule is O=C(NCc1cccc(-c2cccc(CN3CCCCC3)c2)c1)c1ccc2c(c1)OCO2. The van der Waals surface area contributed by atoms with Crippen molar-refractivity contribution >= 4 is 5.91 Å². The van der Waals surface area contributed by atoms with Gasteiger partial charge >= 0.3 is 0 Å². The number of nitrogens with one attached hydrogen (secondary N) is 1. The number of hydrogen-bond acceptors (Lipinski definition) is 4. The van der Waals surface area contributed by atoms with Gasteiger partial charge in [0.2, 0.25) is 6.79 Å². The molecule has 164 valence electrons. The number of rotatable bonds is 6. The first kappa shape index (κ1) is 20.6. The summed E-state index contributed by atoms with van der Waals surface area (Å²) in [6.45, 7) is 4.08. The summed E-state index contributed by atoms with van der Waals surface area (Å²) in [5, 5.41) is 3.01. The predicted molar refractivity (Wildman–Crippen MR) is 125 cm³/mol. The van der Waals surface area contributed by atoms with Gasteiger partial charge in [-0.05, 0) is 78.5 Å². The number of carbonyl (C=O) groups excluding carboxylic acids is 1. The van der Waals surface area contributed by atoms with Crippen molar-refractivity contribution in [1.82, 2.24) is 10.2 Å². The van der Waals surface area contributed by atoms with E-state index in [9.17, 15) is 4.79 Å². The van der Waals surface area contributed by atoms with Crippen LogP contribution in [0.3, 0.4) is 0 Å². The molecule has 32 heavy (non-hydrogen) atoms. The molecular weight excluding hydrogens is 400 g/mol. The fraction of sp³-hybridized carbons (Fsp3) is 0.296. The summed E-state index contributed by atoms with van der Waals surface area (Å²) in [7, 11) is 0. The topological polar surface area (TPSA) is 50.8 Å². The van der Waals surface area contributed by atoms with Crippen molar-refractivity contribution in [2.24, 2.45) is 0 Å². The number of hydrogen-bond donors (Lipinski definition) is 1. The summed E-state index contributed by atoms with van der Waals surface area (Å²) in [6.07, 6.45) is 3.97. The first-order valence-electron chi connectivity index (χ1n) is 11.3. The minimum absolute atomic E-state index is 0.128. The molecule has 3 aromatic carbocycles. The smallest absolute Gasteiger partial charge is 0.251 e. The van der Waals surface area contributed by atoms with E-state index in [-0.39, 0.29) is 12.7 Å². The van der Waals surface area contributed by atoms with E-state index in [1.807, 2.05) is 6.07 Å². The highest BCUT2D eigenvalue weighted by Gasteiger charge is 2.16. The maximum absolute atomic E-state index is 12.6. The van der Waals surface area contributed by atoms with Crippen molar-refractivity contribution in [3.8, 4) is 22.6 Å². The molecule has 1 N–H and O–H groups in total. The summed E-state index contributed by atoms with van der Waals surface area (Å²) in [5.74, 6) is 1.16. The summed E-state index contributed by atoms with van der Waals surface area (Å²) in [4.78, 5) is 15.1. The van der Waals surface area contributed by atoms with Gasteiger partial charge in [-0.1, -0.05) is 42.8 Å². The molecule has 5 heteroatoms. The Morgan fingerprint density at radius 1 is 0.812 bits per heavy atom. The van der Waals surface area contributed by atoms with Crippen LogP contribution < -0.4 is 14.8 Å². The van der Waals surface area contributed by atoms with Gasteiger partial charge in [-0.25, -0.2) is 0 Å². The minimum Gasteiger partial charge on any atom is -0.454 e. The van der Waals surface area contributed by atoms with Crippen LogP contribution in [-0.4, -0.2) is 30.7 Å². The van der Waals surface area contributed by atoms with E-state index in [0.29, 0.717) is 23.6 Å². The first-order valence-corrected chi connectivity index (χ1v) is 11.3. The van der Waals surface area contributed by atoms with Gasteiger partial charge in [-0.15, -0.1) is 0 Å². The molecule has 0 aliphatic carbocycles. The zero-order chi connectivity index (χ0) is 21.8. The molecule has 3 aromatic rings. The van der Waals surface area contributed by atoms with E-state index in [1.165, 1.54) is 49.0 Å². The molecule has 2 heterocycles. The van der Waals surface area contributed by atoms with Crippen molar-refractivity contribution in [2.45, 2.75) is 32.4 Å². The van der Waals surface area contributed by atoms with E-state index < -0.39 is 0 Å². The molecule has 0 aromatic heterocycles. The Balaban J connectivity index is 1.24. The van der Waals surface area contributed by atoms with Crippen molar-refractivity contribution in [1.29, 1.82) is 0 Å². The van der Waals surface area contributed by atoms with Crippen LogP contribution in [0.4, 0.5) is 0 Å². The molecule has 0 saturated carbocycles. The van der Waals surface area contributed by atoms with Gasteiger partial charge in [-0.3, -0.25) is 9.69 Å². The largest absolute Gasteiger partial charge is 0.454 e. The number of benzene rings is 3. The van der Waals surface area contributed by atoms with Crippen LogP contribution >= 0.6 is 0 Å². The second kappa shape index (κ2) is 9.45. The molecule has 1 saturated heterocycles. The highest BCUT2D eigenvalue weighted by atomic mass is 16.7. The maximum Gasteiger partial charge on any atom is 0.251 e. The Morgan fingerprint density at radius 2 is 1.53 bits per heavy atom. The van der Waals surface area contributed by atoms with E-state index in [1.54, 1.807) is 18.2 Å². The van der Waals surface area contributed by atoms with Gasteiger partial charge < -0.3 is 14.8 Å². The van der Waals surface area contributed by atoms with Gasteiger partial charge in [0, 0.05) is 18.7 Å². The van der Waals surface area contributed by atoms with Crippen molar-refractivity contribution in [2.75, 3.05) is 19.9 Å². The normalized spacial score (nSPS) is 15.5. The molecule has 1 fully saturated rings. The summed E-state index contributed by atoms with van der Waals surface area (Å²) < 4.78 is 10.7. The van der Waals surface area contributed by atoms with Gasteiger partial charge in [0.15, 0.2) is 11.5 Å². The average Bonchev–Trinajstić information content (AvgIpc) is 3.32. The summed E-state index contributed by atoms with van der Waals surface area (Å²) >= 11 is 0. The number of nitrogens with zero attached hydrogens (tertiary/aromatic N) is 1. The molecule has 0 atom stereocenters. The zero-order valence-corrected chi connectivity index (χ0v) is 18.2. The number of fused-ring (bicyclic) bond motifs is 1. The molecule has 0 spiro atoms.